The van der Waals surface area contributed by atoms with Crippen LogP contribution in [-0.2, 0) is 14.6 Å². The van der Waals surface area contributed by atoms with Crippen LogP contribution in [0.3, 0.4) is 0 Å². The van der Waals surface area contributed by atoms with Crippen molar-refractivity contribution in [3.63, 3.8) is 0 Å². The van der Waals surface area contributed by atoms with Gasteiger partial charge in [0, 0.05) is 18.7 Å². The zero-order valence-electron chi connectivity index (χ0n) is 12.5. The topological polar surface area (TPSA) is 92.7 Å². The van der Waals surface area contributed by atoms with E-state index >= 15 is 0 Å². The summed E-state index contributed by atoms with van der Waals surface area (Å²) in [6.45, 7) is 5.63. The van der Waals surface area contributed by atoms with Crippen LogP contribution in [0.5, 0.6) is 0 Å². The van der Waals surface area contributed by atoms with Gasteiger partial charge in [-0.3, -0.25) is 0 Å². The lowest BCUT2D eigenvalue weighted by atomic mass is 9.86. The number of alkyl carbamates (subject to hydrolysis) is 1. The fourth-order valence-electron chi connectivity index (χ4n) is 2.33. The van der Waals surface area contributed by atoms with Crippen molar-refractivity contribution in [2.24, 2.45) is 5.92 Å². The SMILES string of the molecule is CC(C)(C)OC(=O)NC[C@@H]1CC[C@@H](S(C)(=O)=O)C[C@H]1O. The molecule has 0 aromatic heterocycles. The number of hydrogen-bond acceptors (Lipinski definition) is 5. The minimum atomic E-state index is -3.11. The van der Waals surface area contributed by atoms with Crippen molar-refractivity contribution in [3.8, 4) is 0 Å². The van der Waals surface area contributed by atoms with Gasteiger partial charge < -0.3 is 15.2 Å². The number of aliphatic hydroxyl groups is 1. The normalized spacial score (nSPS) is 27.9. The van der Waals surface area contributed by atoms with Crippen molar-refractivity contribution in [2.45, 2.75) is 57.0 Å². The molecule has 1 aliphatic carbocycles. The third-order valence-corrected chi connectivity index (χ3v) is 5.06. The summed E-state index contributed by atoms with van der Waals surface area (Å²) >= 11 is 0. The van der Waals surface area contributed by atoms with E-state index in [9.17, 15) is 18.3 Å². The van der Waals surface area contributed by atoms with Crippen LogP contribution in [0, 0.1) is 5.92 Å². The molecule has 0 saturated heterocycles. The summed E-state index contributed by atoms with van der Waals surface area (Å²) in [5.41, 5.74) is -0.559. The van der Waals surface area contributed by atoms with Crippen LogP contribution in [-0.4, -0.2) is 49.4 Å². The number of amides is 1. The van der Waals surface area contributed by atoms with Crippen molar-refractivity contribution >= 4 is 15.9 Å². The first-order valence-electron chi connectivity index (χ1n) is 6.83. The Balaban J connectivity index is 2.42. The number of carbonyl (C=O) groups is 1. The molecule has 1 rings (SSSR count). The van der Waals surface area contributed by atoms with Crippen LogP contribution in [0.25, 0.3) is 0 Å². The zero-order valence-corrected chi connectivity index (χ0v) is 13.4. The molecule has 0 aromatic rings. The van der Waals surface area contributed by atoms with Gasteiger partial charge >= 0.3 is 6.09 Å². The standard InChI is InChI=1S/C13H25NO5S/c1-13(2,3)19-12(16)14-8-9-5-6-10(7-11(9)15)20(4,17)18/h9-11,15H,5-8H2,1-4H3,(H,14,16)/t9-,10+,11+/m0/s1. The maximum Gasteiger partial charge on any atom is 0.407 e. The Morgan fingerprint density at radius 3 is 2.40 bits per heavy atom. The van der Waals surface area contributed by atoms with E-state index < -0.39 is 32.9 Å². The van der Waals surface area contributed by atoms with Crippen molar-refractivity contribution in [3.05, 3.63) is 0 Å². The molecule has 7 heteroatoms. The molecule has 1 amide bonds. The fourth-order valence-corrected chi connectivity index (χ4v) is 3.44. The fraction of sp³-hybridized carbons (Fsp3) is 0.923. The Hall–Kier alpha value is -0.820. The molecule has 2 N–H and O–H groups in total. The van der Waals surface area contributed by atoms with E-state index in [1.54, 1.807) is 20.8 Å². The minimum absolute atomic E-state index is 0.125. The lowest BCUT2D eigenvalue weighted by molar-refractivity contribution is 0.0437. The summed E-state index contributed by atoms with van der Waals surface area (Å²) in [5, 5.41) is 12.1. The zero-order chi connectivity index (χ0) is 15.6. The molecule has 3 atom stereocenters. The molecular weight excluding hydrogens is 282 g/mol. The lowest BCUT2D eigenvalue weighted by Gasteiger charge is -2.32. The van der Waals surface area contributed by atoms with Gasteiger partial charge in [0.1, 0.15) is 15.4 Å². The monoisotopic (exact) mass is 307 g/mol. The number of carbonyl (C=O) groups excluding carboxylic acids is 1. The van der Waals surface area contributed by atoms with Crippen molar-refractivity contribution in [2.75, 3.05) is 12.8 Å². The van der Waals surface area contributed by atoms with E-state index in [0.29, 0.717) is 19.4 Å². The van der Waals surface area contributed by atoms with Crippen LogP contribution in [0.1, 0.15) is 40.0 Å². The van der Waals surface area contributed by atoms with Crippen molar-refractivity contribution in [1.82, 2.24) is 5.32 Å². The molecule has 1 aliphatic rings. The molecule has 0 bridgehead atoms. The Morgan fingerprint density at radius 2 is 1.95 bits per heavy atom. The number of hydrogen-bond donors (Lipinski definition) is 2. The van der Waals surface area contributed by atoms with Crippen LogP contribution < -0.4 is 5.32 Å². The molecule has 0 unspecified atom stereocenters. The van der Waals surface area contributed by atoms with E-state index in [4.69, 9.17) is 4.74 Å². The number of ether oxygens (including phenoxy) is 1. The van der Waals surface area contributed by atoms with Gasteiger partial charge in [-0.1, -0.05) is 0 Å². The maximum absolute atomic E-state index is 11.5. The number of nitrogens with one attached hydrogen (secondary N) is 1. The minimum Gasteiger partial charge on any atom is -0.444 e. The molecule has 0 radical (unpaired) electrons. The second-order valence-corrected chi connectivity index (χ2v) is 8.80. The largest absolute Gasteiger partial charge is 0.444 e. The molecule has 20 heavy (non-hydrogen) atoms. The summed E-state index contributed by atoms with van der Waals surface area (Å²) in [6.07, 6.45) is 1.31. The highest BCUT2D eigenvalue weighted by Crippen LogP contribution is 2.28. The average molecular weight is 307 g/mol. The summed E-state index contributed by atoms with van der Waals surface area (Å²) in [6, 6.07) is 0. The highest BCUT2D eigenvalue weighted by atomic mass is 32.2. The number of aliphatic hydroxyl groups excluding tert-OH is 1. The van der Waals surface area contributed by atoms with Gasteiger partial charge in [0.2, 0.25) is 0 Å². The molecule has 0 aromatic carbocycles. The van der Waals surface area contributed by atoms with Gasteiger partial charge in [-0.25, -0.2) is 13.2 Å². The van der Waals surface area contributed by atoms with Gasteiger partial charge in [-0.05, 0) is 40.0 Å². The average Bonchev–Trinajstić information content (AvgIpc) is 2.23. The van der Waals surface area contributed by atoms with Gasteiger partial charge in [-0.15, -0.1) is 0 Å². The molecule has 0 spiro atoms. The first-order valence-corrected chi connectivity index (χ1v) is 8.78. The van der Waals surface area contributed by atoms with Crippen LogP contribution in [0.15, 0.2) is 0 Å². The van der Waals surface area contributed by atoms with Crippen LogP contribution in [0.2, 0.25) is 0 Å². The Labute approximate surface area is 120 Å². The van der Waals surface area contributed by atoms with E-state index in [1.807, 2.05) is 0 Å². The third-order valence-electron chi connectivity index (χ3n) is 3.42. The van der Waals surface area contributed by atoms with Gasteiger partial charge in [0.25, 0.3) is 0 Å². The Bertz CT molecular complexity index is 440. The maximum atomic E-state index is 11.5. The smallest absolute Gasteiger partial charge is 0.407 e. The summed E-state index contributed by atoms with van der Waals surface area (Å²) < 4.78 is 28.0. The van der Waals surface area contributed by atoms with Crippen LogP contribution >= 0.6 is 0 Å². The summed E-state index contributed by atoms with van der Waals surface area (Å²) in [7, 11) is -3.11. The third kappa shape index (κ3) is 5.66. The van der Waals surface area contributed by atoms with E-state index in [-0.39, 0.29) is 12.3 Å². The predicted molar refractivity (Wildman–Crippen MR) is 76.2 cm³/mol. The lowest BCUT2D eigenvalue weighted by Crippen LogP contribution is -2.43. The predicted octanol–water partition coefficient (Wildman–Crippen LogP) is 1.09. The van der Waals surface area contributed by atoms with E-state index in [1.165, 1.54) is 6.26 Å². The number of rotatable bonds is 3. The van der Waals surface area contributed by atoms with E-state index in [2.05, 4.69) is 5.32 Å². The molecule has 118 valence electrons. The highest BCUT2D eigenvalue weighted by Gasteiger charge is 2.34. The Morgan fingerprint density at radius 1 is 1.35 bits per heavy atom. The molecule has 1 saturated carbocycles. The quantitative estimate of drug-likeness (QED) is 0.814. The van der Waals surface area contributed by atoms with Gasteiger partial charge in [0.05, 0.1) is 11.4 Å². The molecule has 1 fully saturated rings. The second-order valence-electron chi connectivity index (χ2n) is 6.47. The second kappa shape index (κ2) is 6.30. The molecule has 6 nitrogen and oxygen atoms in total. The summed E-state index contributed by atoms with van der Waals surface area (Å²) in [4.78, 5) is 11.5. The van der Waals surface area contributed by atoms with E-state index in [0.717, 1.165) is 0 Å². The molecular formula is C13H25NO5S. The number of sulfone groups is 1. The molecule has 0 heterocycles. The van der Waals surface area contributed by atoms with Crippen LogP contribution in [0.4, 0.5) is 4.79 Å². The van der Waals surface area contributed by atoms with Gasteiger partial charge in [-0.2, -0.15) is 0 Å². The van der Waals surface area contributed by atoms with Gasteiger partial charge in [0.15, 0.2) is 0 Å². The Kier molecular flexibility index (Phi) is 5.43. The highest BCUT2D eigenvalue weighted by molar-refractivity contribution is 7.91. The first kappa shape index (κ1) is 17.2. The first-order chi connectivity index (χ1) is 8.99. The van der Waals surface area contributed by atoms with Crippen molar-refractivity contribution in [1.29, 1.82) is 0 Å². The van der Waals surface area contributed by atoms with Crippen molar-refractivity contribution < 1.29 is 23.1 Å². The molecule has 0 aliphatic heterocycles. The summed E-state index contributed by atoms with van der Waals surface area (Å²) in [5.74, 6) is -0.125.